The van der Waals surface area contributed by atoms with Crippen LogP contribution in [0, 0.1) is 0 Å². The Balaban J connectivity index is 1.23. The average Bonchev–Trinajstić information content (AvgIpc) is 3.33. The molecule has 4 heteroatoms. The van der Waals surface area contributed by atoms with Crippen LogP contribution in [0.5, 0.6) is 17.2 Å². The normalized spacial score (nSPS) is 15.3. The van der Waals surface area contributed by atoms with E-state index in [0.29, 0.717) is 12.6 Å². The molecule has 2 aromatic rings. The molecule has 1 heterocycles. The minimum Gasteiger partial charge on any atom is -0.490 e. The van der Waals surface area contributed by atoms with Crippen molar-refractivity contribution in [1.29, 1.82) is 0 Å². The van der Waals surface area contributed by atoms with Crippen molar-refractivity contribution in [2.24, 2.45) is 0 Å². The molecule has 0 fully saturated rings. The highest BCUT2D eigenvalue weighted by Gasteiger charge is 2.25. The molecule has 0 amide bonds. The van der Waals surface area contributed by atoms with E-state index in [4.69, 9.17) is 14.2 Å². The molecule has 0 radical (unpaired) electrons. The first kappa shape index (κ1) is 18.2. The number of nitrogens with zero attached hydrogens (tertiary/aromatic N) is 1. The van der Waals surface area contributed by atoms with Gasteiger partial charge in [-0.3, -0.25) is 4.90 Å². The second-order valence-electron chi connectivity index (χ2n) is 7.41. The molecule has 2 aliphatic rings. The van der Waals surface area contributed by atoms with Crippen LogP contribution in [-0.2, 0) is 12.8 Å². The van der Waals surface area contributed by atoms with Crippen LogP contribution in [0.25, 0.3) is 0 Å². The highest BCUT2D eigenvalue weighted by Crippen LogP contribution is 2.40. The summed E-state index contributed by atoms with van der Waals surface area (Å²) >= 11 is 0. The molecule has 4 rings (SSSR count). The third-order valence-electron chi connectivity index (χ3n) is 5.51. The van der Waals surface area contributed by atoms with Crippen LogP contribution in [0.2, 0.25) is 0 Å². The van der Waals surface area contributed by atoms with Crippen molar-refractivity contribution in [2.45, 2.75) is 45.1 Å². The number of rotatable bonds is 9. The Kier molecular flexibility index (Phi) is 5.83. The van der Waals surface area contributed by atoms with Gasteiger partial charge in [-0.15, -0.1) is 0 Å². The Hall–Kier alpha value is -2.20. The van der Waals surface area contributed by atoms with Gasteiger partial charge in [0, 0.05) is 6.04 Å². The Bertz CT molecular complexity index is 736. The summed E-state index contributed by atoms with van der Waals surface area (Å²) in [5, 5.41) is 0. The van der Waals surface area contributed by atoms with Crippen LogP contribution in [0.1, 0.15) is 37.3 Å². The topological polar surface area (TPSA) is 30.9 Å². The first-order chi connectivity index (χ1) is 13.3. The standard InChI is InChI=1S/C23H29NO3/c1-2-12-24(20-15-18-8-3-4-9-19(18)16-20)13-5-6-14-25-21-10-7-11-22-23(21)27-17-26-22/h3-4,7-11,20H,2,5-6,12-17H2,1H3. The van der Waals surface area contributed by atoms with Crippen molar-refractivity contribution in [3.8, 4) is 17.2 Å². The molecule has 0 spiro atoms. The van der Waals surface area contributed by atoms with E-state index in [1.807, 2.05) is 18.2 Å². The van der Waals surface area contributed by atoms with Gasteiger partial charge in [-0.05, 0) is 68.5 Å². The number of fused-ring (bicyclic) bond motifs is 2. The molecule has 27 heavy (non-hydrogen) atoms. The first-order valence-electron chi connectivity index (χ1n) is 10.2. The van der Waals surface area contributed by atoms with Gasteiger partial charge in [-0.25, -0.2) is 0 Å². The van der Waals surface area contributed by atoms with E-state index in [9.17, 15) is 0 Å². The maximum absolute atomic E-state index is 5.94. The highest BCUT2D eigenvalue weighted by atomic mass is 16.7. The van der Waals surface area contributed by atoms with Gasteiger partial charge in [0.25, 0.3) is 0 Å². The average molecular weight is 367 g/mol. The van der Waals surface area contributed by atoms with Crippen molar-refractivity contribution in [1.82, 2.24) is 4.90 Å². The molecular formula is C23H29NO3. The quantitative estimate of drug-likeness (QED) is 0.613. The van der Waals surface area contributed by atoms with Crippen LogP contribution in [0.3, 0.4) is 0 Å². The van der Waals surface area contributed by atoms with E-state index in [0.717, 1.165) is 36.6 Å². The molecule has 0 atom stereocenters. The zero-order chi connectivity index (χ0) is 18.5. The molecule has 0 unspecified atom stereocenters. The van der Waals surface area contributed by atoms with Crippen molar-refractivity contribution in [3.63, 3.8) is 0 Å². The molecule has 2 aromatic carbocycles. The lowest BCUT2D eigenvalue weighted by molar-refractivity contribution is 0.168. The number of para-hydroxylation sites is 1. The molecule has 0 aromatic heterocycles. The van der Waals surface area contributed by atoms with Crippen LogP contribution < -0.4 is 14.2 Å². The van der Waals surface area contributed by atoms with Gasteiger partial charge in [0.1, 0.15) is 0 Å². The van der Waals surface area contributed by atoms with Gasteiger partial charge >= 0.3 is 0 Å². The Morgan fingerprint density at radius 2 is 1.78 bits per heavy atom. The lowest BCUT2D eigenvalue weighted by atomic mass is 10.1. The fraction of sp³-hybridized carbons (Fsp3) is 0.478. The monoisotopic (exact) mass is 367 g/mol. The van der Waals surface area contributed by atoms with Gasteiger partial charge in [0.15, 0.2) is 11.5 Å². The van der Waals surface area contributed by atoms with Crippen LogP contribution >= 0.6 is 0 Å². The molecular weight excluding hydrogens is 338 g/mol. The number of benzene rings is 2. The predicted molar refractivity (Wildman–Crippen MR) is 107 cm³/mol. The van der Waals surface area contributed by atoms with E-state index >= 15 is 0 Å². The third kappa shape index (κ3) is 4.22. The predicted octanol–water partition coefficient (Wildman–Crippen LogP) is 4.45. The Morgan fingerprint density at radius 3 is 2.56 bits per heavy atom. The largest absolute Gasteiger partial charge is 0.490 e. The Morgan fingerprint density at radius 1 is 0.963 bits per heavy atom. The fourth-order valence-corrected chi connectivity index (χ4v) is 4.17. The van der Waals surface area contributed by atoms with Crippen molar-refractivity contribution in [2.75, 3.05) is 26.5 Å². The summed E-state index contributed by atoms with van der Waals surface area (Å²) in [7, 11) is 0. The maximum atomic E-state index is 5.94. The number of unbranched alkanes of at least 4 members (excludes halogenated alkanes) is 1. The molecule has 0 bridgehead atoms. The minimum absolute atomic E-state index is 0.283. The fourth-order valence-electron chi connectivity index (χ4n) is 4.17. The summed E-state index contributed by atoms with van der Waals surface area (Å²) in [6.45, 7) is 5.59. The number of hydrogen-bond acceptors (Lipinski definition) is 4. The summed E-state index contributed by atoms with van der Waals surface area (Å²) in [4.78, 5) is 2.68. The molecule has 1 aliphatic carbocycles. The summed E-state index contributed by atoms with van der Waals surface area (Å²) in [5.41, 5.74) is 3.07. The highest BCUT2D eigenvalue weighted by molar-refractivity contribution is 5.52. The summed E-state index contributed by atoms with van der Waals surface area (Å²) in [5.74, 6) is 2.32. The van der Waals surface area contributed by atoms with E-state index in [1.165, 1.54) is 36.9 Å². The number of hydrogen-bond donors (Lipinski definition) is 0. The smallest absolute Gasteiger partial charge is 0.231 e. The van der Waals surface area contributed by atoms with Gasteiger partial charge in [0.05, 0.1) is 6.61 Å². The number of ether oxygens (including phenoxy) is 3. The SMILES string of the molecule is CCCN(CCCCOc1cccc2c1OCO2)C1Cc2ccccc2C1. The van der Waals surface area contributed by atoms with E-state index in [-0.39, 0.29) is 6.79 Å². The summed E-state index contributed by atoms with van der Waals surface area (Å²) in [6.07, 6.45) is 5.79. The van der Waals surface area contributed by atoms with Gasteiger partial charge in [-0.1, -0.05) is 37.3 Å². The molecule has 0 N–H and O–H groups in total. The first-order valence-corrected chi connectivity index (χ1v) is 10.2. The van der Waals surface area contributed by atoms with Crippen LogP contribution in [-0.4, -0.2) is 37.4 Å². The van der Waals surface area contributed by atoms with Crippen molar-refractivity contribution in [3.05, 3.63) is 53.6 Å². The van der Waals surface area contributed by atoms with E-state index in [2.05, 4.69) is 36.1 Å². The zero-order valence-electron chi connectivity index (χ0n) is 16.2. The zero-order valence-corrected chi connectivity index (χ0v) is 16.2. The van der Waals surface area contributed by atoms with Crippen LogP contribution in [0.4, 0.5) is 0 Å². The second-order valence-corrected chi connectivity index (χ2v) is 7.41. The molecule has 0 saturated carbocycles. The molecule has 4 nitrogen and oxygen atoms in total. The van der Waals surface area contributed by atoms with Crippen LogP contribution in [0.15, 0.2) is 42.5 Å². The van der Waals surface area contributed by atoms with Gasteiger partial charge in [-0.2, -0.15) is 0 Å². The summed E-state index contributed by atoms with van der Waals surface area (Å²) in [6, 6.07) is 15.4. The van der Waals surface area contributed by atoms with Crippen molar-refractivity contribution >= 4 is 0 Å². The van der Waals surface area contributed by atoms with Gasteiger partial charge < -0.3 is 14.2 Å². The molecule has 144 valence electrons. The second kappa shape index (κ2) is 8.66. The van der Waals surface area contributed by atoms with Crippen molar-refractivity contribution < 1.29 is 14.2 Å². The Labute approximate surface area is 162 Å². The minimum atomic E-state index is 0.283. The summed E-state index contributed by atoms with van der Waals surface area (Å²) < 4.78 is 16.8. The molecule has 0 saturated heterocycles. The maximum Gasteiger partial charge on any atom is 0.231 e. The van der Waals surface area contributed by atoms with Gasteiger partial charge in [0.2, 0.25) is 12.5 Å². The lowest BCUT2D eigenvalue weighted by Crippen LogP contribution is -2.37. The third-order valence-corrected chi connectivity index (χ3v) is 5.51. The van der Waals surface area contributed by atoms with E-state index < -0.39 is 0 Å². The lowest BCUT2D eigenvalue weighted by Gasteiger charge is -2.28. The molecule has 1 aliphatic heterocycles. The van der Waals surface area contributed by atoms with E-state index in [1.54, 1.807) is 0 Å².